The van der Waals surface area contributed by atoms with E-state index >= 15 is 0 Å². The topological polar surface area (TPSA) is 80.7 Å². The Morgan fingerprint density at radius 2 is 2.23 bits per heavy atom. The van der Waals surface area contributed by atoms with E-state index in [0.717, 1.165) is 42.1 Å². The number of thiazole rings is 1. The molecule has 1 atom stereocenters. The third-order valence-electron chi connectivity index (χ3n) is 4.85. The molecule has 7 heteroatoms. The van der Waals surface area contributed by atoms with Crippen LogP contribution < -0.4 is 5.73 Å². The van der Waals surface area contributed by atoms with Gasteiger partial charge in [-0.3, -0.25) is 14.0 Å². The highest BCUT2D eigenvalue weighted by atomic mass is 32.1. The molecule has 0 bridgehead atoms. The van der Waals surface area contributed by atoms with Gasteiger partial charge in [-0.1, -0.05) is 12.1 Å². The molecule has 0 unspecified atom stereocenters. The predicted octanol–water partition coefficient (Wildman–Crippen LogP) is 2.13. The molecule has 26 heavy (non-hydrogen) atoms. The number of imidazole rings is 1. The first-order valence-corrected chi connectivity index (χ1v) is 9.54. The van der Waals surface area contributed by atoms with Crippen LogP contribution in [-0.2, 0) is 17.6 Å². The van der Waals surface area contributed by atoms with Gasteiger partial charge >= 0.3 is 0 Å². The fourth-order valence-electron chi connectivity index (χ4n) is 3.54. The summed E-state index contributed by atoms with van der Waals surface area (Å²) in [5.74, 6) is 0.131. The van der Waals surface area contributed by atoms with E-state index in [0.29, 0.717) is 17.9 Å². The number of likely N-dealkylation sites (tertiary alicyclic amines) is 1. The van der Waals surface area contributed by atoms with Crippen LogP contribution in [0.2, 0.25) is 0 Å². The Labute approximate surface area is 155 Å². The summed E-state index contributed by atoms with van der Waals surface area (Å²) < 4.78 is 1.95. The molecule has 0 saturated carbocycles. The number of nitrogens with zero attached hydrogens (tertiary/aromatic N) is 3. The van der Waals surface area contributed by atoms with Crippen molar-refractivity contribution in [2.45, 2.75) is 19.3 Å². The number of amides is 2. The van der Waals surface area contributed by atoms with Crippen LogP contribution in [0.1, 0.15) is 28.0 Å². The van der Waals surface area contributed by atoms with Crippen molar-refractivity contribution in [2.24, 2.45) is 11.7 Å². The molecule has 0 radical (unpaired) electrons. The smallest absolute Gasteiger partial charge is 0.248 e. The van der Waals surface area contributed by atoms with Crippen molar-refractivity contribution in [2.75, 3.05) is 13.1 Å². The van der Waals surface area contributed by atoms with E-state index in [2.05, 4.69) is 4.98 Å². The van der Waals surface area contributed by atoms with Crippen LogP contribution in [-0.4, -0.2) is 39.2 Å². The Bertz CT molecular complexity index is 933. The predicted molar refractivity (Wildman–Crippen MR) is 100 cm³/mol. The fraction of sp³-hybridized carbons (Fsp3) is 0.316. The van der Waals surface area contributed by atoms with Gasteiger partial charge in [-0.05, 0) is 36.5 Å². The molecule has 4 rings (SSSR count). The lowest BCUT2D eigenvalue weighted by molar-refractivity contribution is -0.129. The molecule has 2 N–H and O–H groups in total. The number of primary amides is 1. The molecule has 1 aromatic carbocycles. The van der Waals surface area contributed by atoms with E-state index in [9.17, 15) is 9.59 Å². The summed E-state index contributed by atoms with van der Waals surface area (Å²) in [6.07, 6.45) is 6.05. The molecule has 1 saturated heterocycles. The second-order valence-corrected chi connectivity index (χ2v) is 7.64. The highest BCUT2D eigenvalue weighted by molar-refractivity contribution is 7.15. The minimum atomic E-state index is -0.407. The first kappa shape index (κ1) is 16.8. The Hall–Kier alpha value is -2.67. The lowest BCUT2D eigenvalue weighted by Crippen LogP contribution is -2.30. The van der Waals surface area contributed by atoms with Gasteiger partial charge in [0.15, 0.2) is 4.96 Å². The summed E-state index contributed by atoms with van der Waals surface area (Å²) in [4.78, 5) is 31.2. The number of hydrogen-bond donors (Lipinski definition) is 1. The standard InChI is InChI=1S/C19H20N4O2S/c20-18(25)15-3-1-2-13(9-15)8-14-4-5-22(11-14)17(24)10-16-12-23-6-7-26-19(23)21-16/h1-3,6-7,9,12,14H,4-5,8,10-11H2,(H2,20,25)/t14-/m1/s1. The third kappa shape index (κ3) is 3.48. The van der Waals surface area contributed by atoms with Crippen LogP contribution in [0.5, 0.6) is 0 Å². The van der Waals surface area contributed by atoms with Crippen molar-refractivity contribution in [3.8, 4) is 0 Å². The summed E-state index contributed by atoms with van der Waals surface area (Å²) >= 11 is 1.57. The van der Waals surface area contributed by atoms with Crippen molar-refractivity contribution in [1.29, 1.82) is 0 Å². The van der Waals surface area contributed by atoms with E-state index in [1.54, 1.807) is 17.4 Å². The van der Waals surface area contributed by atoms with Gasteiger partial charge in [0, 0.05) is 36.4 Å². The monoisotopic (exact) mass is 368 g/mol. The molecule has 1 fully saturated rings. The molecule has 1 aliphatic rings. The average Bonchev–Trinajstić information content (AvgIpc) is 3.31. The summed E-state index contributed by atoms with van der Waals surface area (Å²) in [7, 11) is 0. The molecular weight excluding hydrogens is 348 g/mol. The van der Waals surface area contributed by atoms with E-state index in [4.69, 9.17) is 5.73 Å². The molecule has 3 heterocycles. The highest BCUT2D eigenvalue weighted by Gasteiger charge is 2.27. The minimum Gasteiger partial charge on any atom is -0.366 e. The Balaban J connectivity index is 1.35. The van der Waals surface area contributed by atoms with Crippen LogP contribution >= 0.6 is 11.3 Å². The highest BCUT2D eigenvalue weighted by Crippen LogP contribution is 2.22. The van der Waals surface area contributed by atoms with Crippen LogP contribution in [0, 0.1) is 5.92 Å². The first-order valence-electron chi connectivity index (χ1n) is 8.66. The van der Waals surface area contributed by atoms with E-state index < -0.39 is 5.91 Å². The maximum absolute atomic E-state index is 12.6. The van der Waals surface area contributed by atoms with Crippen molar-refractivity contribution in [3.63, 3.8) is 0 Å². The van der Waals surface area contributed by atoms with Gasteiger partial charge < -0.3 is 10.6 Å². The number of benzene rings is 1. The maximum atomic E-state index is 12.6. The van der Waals surface area contributed by atoms with Gasteiger partial charge in [0.2, 0.25) is 11.8 Å². The first-order chi connectivity index (χ1) is 12.6. The third-order valence-corrected chi connectivity index (χ3v) is 5.62. The van der Waals surface area contributed by atoms with Crippen LogP contribution in [0.3, 0.4) is 0 Å². The average molecular weight is 368 g/mol. The van der Waals surface area contributed by atoms with Crippen molar-refractivity contribution < 1.29 is 9.59 Å². The largest absolute Gasteiger partial charge is 0.366 e. The van der Waals surface area contributed by atoms with Gasteiger partial charge in [0.05, 0.1) is 12.1 Å². The molecule has 3 aromatic rings. The fourth-order valence-corrected chi connectivity index (χ4v) is 4.26. The van der Waals surface area contributed by atoms with Crippen molar-refractivity contribution in [1.82, 2.24) is 14.3 Å². The zero-order valence-electron chi connectivity index (χ0n) is 14.3. The van der Waals surface area contributed by atoms with Gasteiger partial charge in [-0.15, -0.1) is 11.3 Å². The number of fused-ring (bicyclic) bond motifs is 1. The summed E-state index contributed by atoms with van der Waals surface area (Å²) in [5, 5.41) is 1.98. The normalized spacial score (nSPS) is 17.1. The Morgan fingerprint density at radius 1 is 1.35 bits per heavy atom. The summed E-state index contributed by atoms with van der Waals surface area (Å²) in [6.45, 7) is 1.53. The van der Waals surface area contributed by atoms with Crippen molar-refractivity contribution in [3.05, 3.63) is 58.9 Å². The zero-order valence-corrected chi connectivity index (χ0v) is 15.1. The number of hydrogen-bond acceptors (Lipinski definition) is 4. The minimum absolute atomic E-state index is 0.129. The molecular formula is C19H20N4O2S. The summed E-state index contributed by atoms with van der Waals surface area (Å²) in [5.41, 5.74) is 7.79. The van der Waals surface area contributed by atoms with Gasteiger partial charge in [0.1, 0.15) is 0 Å². The molecule has 2 aromatic heterocycles. The second kappa shape index (κ2) is 6.92. The molecule has 1 aliphatic heterocycles. The molecule has 6 nitrogen and oxygen atoms in total. The number of rotatable bonds is 5. The van der Waals surface area contributed by atoms with Gasteiger partial charge in [-0.2, -0.15) is 0 Å². The Kier molecular flexibility index (Phi) is 4.46. The second-order valence-electron chi connectivity index (χ2n) is 6.77. The van der Waals surface area contributed by atoms with E-state index in [1.165, 1.54) is 0 Å². The van der Waals surface area contributed by atoms with Gasteiger partial charge in [-0.25, -0.2) is 4.98 Å². The molecule has 0 aliphatic carbocycles. The molecule has 134 valence electrons. The maximum Gasteiger partial charge on any atom is 0.248 e. The Morgan fingerprint density at radius 3 is 3.04 bits per heavy atom. The number of carbonyl (C=O) groups is 2. The quantitative estimate of drug-likeness (QED) is 0.749. The lowest BCUT2D eigenvalue weighted by atomic mass is 9.97. The van der Waals surface area contributed by atoms with Crippen LogP contribution in [0.25, 0.3) is 4.96 Å². The SMILES string of the molecule is NC(=O)c1cccc(C[C@H]2CCN(C(=O)Cc3cn4ccsc4n3)C2)c1. The molecule has 0 spiro atoms. The van der Waals surface area contributed by atoms with E-state index in [-0.39, 0.29) is 5.91 Å². The number of aromatic nitrogens is 2. The molecule has 2 amide bonds. The van der Waals surface area contributed by atoms with Crippen LogP contribution in [0.15, 0.2) is 42.0 Å². The lowest BCUT2D eigenvalue weighted by Gasteiger charge is -2.16. The number of nitrogens with two attached hydrogens (primary N) is 1. The zero-order chi connectivity index (χ0) is 18.1. The van der Waals surface area contributed by atoms with Crippen molar-refractivity contribution >= 4 is 28.1 Å². The van der Waals surface area contributed by atoms with E-state index in [1.807, 2.05) is 45.3 Å². The number of carbonyl (C=O) groups excluding carboxylic acids is 2. The van der Waals surface area contributed by atoms with Gasteiger partial charge in [0.25, 0.3) is 0 Å². The van der Waals surface area contributed by atoms with Crippen LogP contribution in [0.4, 0.5) is 0 Å². The summed E-state index contributed by atoms with van der Waals surface area (Å²) in [6, 6.07) is 7.45.